The summed E-state index contributed by atoms with van der Waals surface area (Å²) < 4.78 is 5.73. The van der Waals surface area contributed by atoms with Crippen LogP contribution in [0, 0.1) is 0 Å². The van der Waals surface area contributed by atoms with Crippen molar-refractivity contribution in [2.75, 3.05) is 6.54 Å². The normalized spacial score (nSPS) is 19.3. The minimum absolute atomic E-state index is 0.223. The molecule has 1 aliphatic carbocycles. The van der Waals surface area contributed by atoms with Crippen LogP contribution in [0.25, 0.3) is 0 Å². The van der Waals surface area contributed by atoms with Gasteiger partial charge in [-0.05, 0) is 25.8 Å². The van der Waals surface area contributed by atoms with E-state index in [2.05, 4.69) is 11.9 Å². The van der Waals surface area contributed by atoms with Crippen LogP contribution < -0.4 is 5.73 Å². The molecule has 0 amide bonds. The molecule has 0 atom stereocenters. The Bertz CT molecular complexity index is 302. The lowest BCUT2D eigenvalue weighted by molar-refractivity contribution is 0.210. The van der Waals surface area contributed by atoms with Gasteiger partial charge >= 0.3 is 0 Å². The molecule has 1 saturated carbocycles. The fourth-order valence-corrected chi connectivity index (χ4v) is 1.90. The predicted molar refractivity (Wildman–Crippen MR) is 55.1 cm³/mol. The Morgan fingerprint density at radius 3 is 2.93 bits per heavy atom. The average molecular weight is 194 g/mol. The first kappa shape index (κ1) is 9.71. The summed E-state index contributed by atoms with van der Waals surface area (Å²) in [5.41, 5.74) is 5.67. The number of nitrogens with zero attached hydrogens (tertiary/aromatic N) is 1. The SMILES string of the molecule is CC1(c2ncc(CCCN)o2)CCC1. The smallest absolute Gasteiger partial charge is 0.200 e. The lowest BCUT2D eigenvalue weighted by Gasteiger charge is -2.34. The van der Waals surface area contributed by atoms with E-state index in [4.69, 9.17) is 10.2 Å². The van der Waals surface area contributed by atoms with Gasteiger partial charge in [-0.2, -0.15) is 0 Å². The molecule has 1 aromatic heterocycles. The van der Waals surface area contributed by atoms with Crippen molar-refractivity contribution in [1.29, 1.82) is 0 Å². The van der Waals surface area contributed by atoms with Gasteiger partial charge in [0.05, 0.1) is 6.20 Å². The highest BCUT2D eigenvalue weighted by Gasteiger charge is 2.37. The van der Waals surface area contributed by atoms with Crippen LogP contribution >= 0.6 is 0 Å². The fraction of sp³-hybridized carbons (Fsp3) is 0.727. The Kier molecular flexibility index (Phi) is 2.59. The summed E-state index contributed by atoms with van der Waals surface area (Å²) in [5.74, 6) is 1.91. The molecule has 0 spiro atoms. The molecular weight excluding hydrogens is 176 g/mol. The molecule has 1 aliphatic rings. The number of hydrogen-bond donors (Lipinski definition) is 1. The van der Waals surface area contributed by atoms with E-state index in [0.717, 1.165) is 24.5 Å². The molecule has 1 aromatic rings. The zero-order valence-electron chi connectivity index (χ0n) is 8.75. The van der Waals surface area contributed by atoms with Gasteiger partial charge in [-0.15, -0.1) is 0 Å². The topological polar surface area (TPSA) is 52.0 Å². The van der Waals surface area contributed by atoms with E-state index in [1.54, 1.807) is 0 Å². The number of rotatable bonds is 4. The van der Waals surface area contributed by atoms with Crippen LogP contribution in [0.1, 0.15) is 44.3 Å². The van der Waals surface area contributed by atoms with Gasteiger partial charge in [-0.3, -0.25) is 0 Å². The molecule has 0 bridgehead atoms. The monoisotopic (exact) mass is 194 g/mol. The van der Waals surface area contributed by atoms with Crippen molar-refractivity contribution >= 4 is 0 Å². The lowest BCUT2D eigenvalue weighted by atomic mass is 9.70. The molecule has 3 nitrogen and oxygen atoms in total. The third-order valence-electron chi connectivity index (χ3n) is 3.15. The van der Waals surface area contributed by atoms with Gasteiger partial charge in [0, 0.05) is 11.8 Å². The first-order valence-corrected chi connectivity index (χ1v) is 5.40. The second kappa shape index (κ2) is 3.73. The molecule has 2 N–H and O–H groups in total. The van der Waals surface area contributed by atoms with Crippen LogP contribution in [0.3, 0.4) is 0 Å². The molecule has 0 unspecified atom stereocenters. The molecule has 0 aliphatic heterocycles. The van der Waals surface area contributed by atoms with Crippen LogP contribution in [-0.2, 0) is 11.8 Å². The average Bonchev–Trinajstić information content (AvgIpc) is 2.59. The summed E-state index contributed by atoms with van der Waals surface area (Å²) in [6, 6.07) is 0. The van der Waals surface area contributed by atoms with E-state index in [-0.39, 0.29) is 5.41 Å². The summed E-state index contributed by atoms with van der Waals surface area (Å²) in [6.45, 7) is 2.95. The molecule has 78 valence electrons. The number of aryl methyl sites for hydroxylation is 1. The van der Waals surface area contributed by atoms with Crippen LogP contribution in [-0.4, -0.2) is 11.5 Å². The predicted octanol–water partition coefficient (Wildman–Crippen LogP) is 2.01. The Hall–Kier alpha value is -0.830. The van der Waals surface area contributed by atoms with Gasteiger partial charge in [-0.1, -0.05) is 13.3 Å². The number of oxazole rings is 1. The van der Waals surface area contributed by atoms with E-state index < -0.39 is 0 Å². The highest BCUT2D eigenvalue weighted by molar-refractivity contribution is 5.10. The number of hydrogen-bond acceptors (Lipinski definition) is 3. The van der Waals surface area contributed by atoms with Crippen molar-refractivity contribution in [3.8, 4) is 0 Å². The quantitative estimate of drug-likeness (QED) is 0.797. The van der Waals surface area contributed by atoms with Gasteiger partial charge in [0.25, 0.3) is 0 Å². The van der Waals surface area contributed by atoms with Crippen LogP contribution in [0.5, 0.6) is 0 Å². The van der Waals surface area contributed by atoms with Gasteiger partial charge in [0.15, 0.2) is 5.89 Å². The summed E-state index contributed by atoms with van der Waals surface area (Å²) >= 11 is 0. The fourth-order valence-electron chi connectivity index (χ4n) is 1.90. The number of aromatic nitrogens is 1. The van der Waals surface area contributed by atoms with Gasteiger partial charge in [0.1, 0.15) is 5.76 Å². The van der Waals surface area contributed by atoms with Crippen molar-refractivity contribution in [3.63, 3.8) is 0 Å². The third kappa shape index (κ3) is 1.69. The maximum Gasteiger partial charge on any atom is 0.200 e. The van der Waals surface area contributed by atoms with E-state index >= 15 is 0 Å². The van der Waals surface area contributed by atoms with Crippen molar-refractivity contribution < 1.29 is 4.42 Å². The van der Waals surface area contributed by atoms with E-state index in [1.807, 2.05) is 6.20 Å². The Labute approximate surface area is 84.7 Å². The second-order valence-electron chi connectivity index (χ2n) is 4.44. The summed E-state index contributed by atoms with van der Waals surface area (Å²) in [6.07, 6.45) is 7.48. The zero-order valence-corrected chi connectivity index (χ0v) is 8.75. The Morgan fingerprint density at radius 1 is 1.57 bits per heavy atom. The highest BCUT2D eigenvalue weighted by atomic mass is 16.4. The molecule has 2 rings (SSSR count). The molecule has 1 heterocycles. The molecule has 3 heteroatoms. The lowest BCUT2D eigenvalue weighted by Crippen LogP contribution is -2.30. The molecule has 0 radical (unpaired) electrons. The molecule has 14 heavy (non-hydrogen) atoms. The van der Waals surface area contributed by atoms with Crippen molar-refractivity contribution in [3.05, 3.63) is 17.8 Å². The van der Waals surface area contributed by atoms with E-state index in [1.165, 1.54) is 19.3 Å². The minimum atomic E-state index is 0.223. The maximum atomic E-state index is 5.73. The van der Waals surface area contributed by atoms with Crippen molar-refractivity contribution in [2.24, 2.45) is 5.73 Å². The first-order valence-electron chi connectivity index (χ1n) is 5.40. The number of nitrogens with two attached hydrogens (primary N) is 1. The van der Waals surface area contributed by atoms with Crippen LogP contribution in [0.15, 0.2) is 10.6 Å². The van der Waals surface area contributed by atoms with Crippen LogP contribution in [0.2, 0.25) is 0 Å². The summed E-state index contributed by atoms with van der Waals surface area (Å²) in [4.78, 5) is 4.36. The molecule has 0 saturated heterocycles. The van der Waals surface area contributed by atoms with Gasteiger partial charge in [0.2, 0.25) is 0 Å². The van der Waals surface area contributed by atoms with Gasteiger partial charge < -0.3 is 10.2 Å². The Morgan fingerprint density at radius 2 is 2.36 bits per heavy atom. The minimum Gasteiger partial charge on any atom is -0.445 e. The van der Waals surface area contributed by atoms with Crippen LogP contribution in [0.4, 0.5) is 0 Å². The van der Waals surface area contributed by atoms with E-state index in [0.29, 0.717) is 6.54 Å². The summed E-state index contributed by atoms with van der Waals surface area (Å²) in [7, 11) is 0. The van der Waals surface area contributed by atoms with Gasteiger partial charge in [-0.25, -0.2) is 4.98 Å². The highest BCUT2D eigenvalue weighted by Crippen LogP contribution is 2.42. The standard InChI is InChI=1S/C11H18N2O/c1-11(5-3-6-11)10-13-8-9(14-10)4-2-7-12/h8H,2-7,12H2,1H3. The van der Waals surface area contributed by atoms with E-state index in [9.17, 15) is 0 Å². The second-order valence-corrected chi connectivity index (χ2v) is 4.44. The summed E-state index contributed by atoms with van der Waals surface area (Å²) in [5, 5.41) is 0. The molecule has 0 aromatic carbocycles. The third-order valence-corrected chi connectivity index (χ3v) is 3.15. The molecular formula is C11H18N2O. The largest absolute Gasteiger partial charge is 0.445 e. The Balaban J connectivity index is 2.02. The maximum absolute atomic E-state index is 5.73. The zero-order chi connectivity index (χ0) is 10.0. The van der Waals surface area contributed by atoms with Crippen molar-refractivity contribution in [1.82, 2.24) is 4.98 Å². The molecule has 1 fully saturated rings. The van der Waals surface area contributed by atoms with Crippen molar-refractivity contribution in [2.45, 2.75) is 44.4 Å². The first-order chi connectivity index (χ1) is 6.74.